The van der Waals surface area contributed by atoms with Gasteiger partial charge in [-0.3, -0.25) is 5.10 Å². The summed E-state index contributed by atoms with van der Waals surface area (Å²) in [7, 11) is 0. The van der Waals surface area contributed by atoms with E-state index in [-0.39, 0.29) is 12.1 Å². The molecule has 2 fully saturated rings. The molecule has 0 radical (unpaired) electrons. The quantitative estimate of drug-likeness (QED) is 0.294. The average Bonchev–Trinajstić information content (AvgIpc) is 3.53. The maximum atomic E-state index is 12.1. The first-order chi connectivity index (χ1) is 16.6. The van der Waals surface area contributed by atoms with Crippen LogP contribution in [0.1, 0.15) is 63.0 Å². The van der Waals surface area contributed by atoms with Gasteiger partial charge in [-0.25, -0.2) is 9.78 Å². The highest BCUT2D eigenvalue weighted by molar-refractivity contribution is 5.69. The van der Waals surface area contributed by atoms with Gasteiger partial charge >= 0.3 is 6.09 Å². The Morgan fingerprint density at radius 2 is 1.85 bits per heavy atom. The molecule has 0 bridgehead atoms. The monoisotopic (exact) mass is 463 g/mol. The Morgan fingerprint density at radius 3 is 2.59 bits per heavy atom. The van der Waals surface area contributed by atoms with Crippen molar-refractivity contribution in [3.05, 3.63) is 61.2 Å². The Morgan fingerprint density at radius 1 is 1.09 bits per heavy atom. The fourth-order valence-electron chi connectivity index (χ4n) is 4.60. The molecule has 1 amide bonds. The molecule has 0 aliphatic heterocycles. The standard InChI is InChI=1S/C25H33N7O2/c1-3-7-20(4-2)34-25(33)28-19-12-10-18(11-13-19)27-24-26-15-14-22(30-24)29-23-16-21(31-32-23)17-8-5-6-9-17/h3-4,7,14-19H,1-2,5-6,8-13H2,(H,28,33)(H3,26,27,29,30,31,32)/b20-7+. The number of amides is 1. The maximum absolute atomic E-state index is 12.1. The molecular weight excluding hydrogens is 430 g/mol. The van der Waals surface area contributed by atoms with Gasteiger partial charge in [-0.15, -0.1) is 0 Å². The molecular formula is C25H33N7O2. The minimum absolute atomic E-state index is 0.0722. The molecule has 0 aromatic carbocycles. The number of alkyl carbamates (subject to hydrolysis) is 1. The summed E-state index contributed by atoms with van der Waals surface area (Å²) < 4.78 is 5.23. The van der Waals surface area contributed by atoms with Gasteiger partial charge in [0.15, 0.2) is 5.82 Å². The van der Waals surface area contributed by atoms with Crippen LogP contribution >= 0.6 is 0 Å². The number of anilines is 3. The van der Waals surface area contributed by atoms with E-state index in [9.17, 15) is 4.79 Å². The average molecular weight is 464 g/mol. The normalized spacial score (nSPS) is 21.0. The largest absolute Gasteiger partial charge is 0.412 e. The second kappa shape index (κ2) is 11.5. The second-order valence-corrected chi connectivity index (χ2v) is 8.82. The molecule has 4 N–H and O–H groups in total. The summed E-state index contributed by atoms with van der Waals surface area (Å²) in [5.74, 6) is 3.01. The lowest BCUT2D eigenvalue weighted by Crippen LogP contribution is -2.40. The van der Waals surface area contributed by atoms with Crippen LogP contribution < -0.4 is 16.0 Å². The summed E-state index contributed by atoms with van der Waals surface area (Å²) in [6, 6.07) is 4.23. The Labute approximate surface area is 200 Å². The smallest absolute Gasteiger partial charge is 0.410 e. The zero-order chi connectivity index (χ0) is 23.8. The van der Waals surface area contributed by atoms with Gasteiger partial charge in [-0.05, 0) is 56.7 Å². The Bertz CT molecular complexity index is 1020. The molecule has 0 saturated heterocycles. The Kier molecular flexibility index (Phi) is 7.95. The SMILES string of the molecule is C=C/C=C(\C=C)OC(=O)NC1CCC(Nc2nccc(Nc3cc(C4CCCC4)[nH]n3)n2)CC1. The summed E-state index contributed by atoms with van der Waals surface area (Å²) in [4.78, 5) is 21.0. The van der Waals surface area contributed by atoms with Crippen LogP contribution in [0.25, 0.3) is 0 Å². The number of nitrogens with zero attached hydrogens (tertiary/aromatic N) is 3. The van der Waals surface area contributed by atoms with Crippen molar-refractivity contribution >= 4 is 23.7 Å². The molecule has 0 spiro atoms. The number of allylic oxidation sites excluding steroid dienone is 3. The third-order valence-corrected chi connectivity index (χ3v) is 6.38. The van der Waals surface area contributed by atoms with Crippen LogP contribution in [0, 0.1) is 0 Å². The molecule has 2 heterocycles. The van der Waals surface area contributed by atoms with Gasteiger partial charge in [0, 0.05) is 36.0 Å². The van der Waals surface area contributed by atoms with Crippen molar-refractivity contribution in [3.63, 3.8) is 0 Å². The topological polar surface area (TPSA) is 117 Å². The molecule has 34 heavy (non-hydrogen) atoms. The molecule has 2 saturated carbocycles. The molecule has 9 heteroatoms. The zero-order valence-electron chi connectivity index (χ0n) is 19.4. The van der Waals surface area contributed by atoms with Gasteiger partial charge in [-0.2, -0.15) is 10.1 Å². The number of nitrogens with one attached hydrogen (secondary N) is 4. The highest BCUT2D eigenvalue weighted by Crippen LogP contribution is 2.34. The van der Waals surface area contributed by atoms with Gasteiger partial charge in [0.25, 0.3) is 0 Å². The van der Waals surface area contributed by atoms with Crippen molar-refractivity contribution in [3.8, 4) is 0 Å². The van der Waals surface area contributed by atoms with E-state index >= 15 is 0 Å². The van der Waals surface area contributed by atoms with Crippen LogP contribution in [0.4, 0.5) is 22.4 Å². The molecule has 0 atom stereocenters. The summed E-state index contributed by atoms with van der Waals surface area (Å²) in [5.41, 5.74) is 1.19. The van der Waals surface area contributed by atoms with E-state index in [0.29, 0.717) is 23.4 Å². The highest BCUT2D eigenvalue weighted by atomic mass is 16.6. The number of carbonyl (C=O) groups is 1. The van der Waals surface area contributed by atoms with Gasteiger partial charge in [0.2, 0.25) is 5.95 Å². The van der Waals surface area contributed by atoms with E-state index in [1.54, 1.807) is 18.3 Å². The lowest BCUT2D eigenvalue weighted by molar-refractivity contribution is 0.170. The van der Waals surface area contributed by atoms with Crippen molar-refractivity contribution in [2.75, 3.05) is 10.6 Å². The number of hydrogen-bond acceptors (Lipinski definition) is 7. The van der Waals surface area contributed by atoms with E-state index in [1.165, 1.54) is 37.5 Å². The van der Waals surface area contributed by atoms with Crippen LogP contribution in [0.5, 0.6) is 0 Å². The van der Waals surface area contributed by atoms with Crippen molar-refractivity contribution in [2.24, 2.45) is 0 Å². The summed E-state index contributed by atoms with van der Waals surface area (Å²) in [6.07, 6.45) is 14.4. The third kappa shape index (κ3) is 6.46. The number of hydrogen-bond donors (Lipinski definition) is 4. The van der Waals surface area contributed by atoms with Gasteiger partial charge in [-0.1, -0.05) is 32.1 Å². The number of aromatic nitrogens is 4. The molecule has 2 aliphatic rings. The first kappa shape index (κ1) is 23.5. The summed E-state index contributed by atoms with van der Waals surface area (Å²) in [5, 5.41) is 17.2. The first-order valence-electron chi connectivity index (χ1n) is 12.0. The highest BCUT2D eigenvalue weighted by Gasteiger charge is 2.24. The van der Waals surface area contributed by atoms with Crippen LogP contribution in [-0.4, -0.2) is 38.3 Å². The van der Waals surface area contributed by atoms with E-state index in [2.05, 4.69) is 55.3 Å². The van der Waals surface area contributed by atoms with Crippen molar-refractivity contribution in [2.45, 2.75) is 69.4 Å². The van der Waals surface area contributed by atoms with Gasteiger partial charge < -0.3 is 20.7 Å². The molecule has 2 aromatic heterocycles. The lowest BCUT2D eigenvalue weighted by atomic mass is 9.91. The summed E-state index contributed by atoms with van der Waals surface area (Å²) >= 11 is 0. The van der Waals surface area contributed by atoms with Crippen LogP contribution in [0.15, 0.2) is 55.5 Å². The van der Waals surface area contributed by atoms with Crippen molar-refractivity contribution in [1.82, 2.24) is 25.5 Å². The summed E-state index contributed by atoms with van der Waals surface area (Å²) in [6.45, 7) is 7.22. The molecule has 2 aliphatic carbocycles. The molecule has 9 nitrogen and oxygen atoms in total. The van der Waals surface area contributed by atoms with Crippen molar-refractivity contribution < 1.29 is 9.53 Å². The Hall–Kier alpha value is -3.62. The lowest BCUT2D eigenvalue weighted by Gasteiger charge is -2.29. The fraction of sp³-hybridized carbons (Fsp3) is 0.440. The third-order valence-electron chi connectivity index (χ3n) is 6.38. The zero-order valence-corrected chi connectivity index (χ0v) is 19.4. The molecule has 0 unspecified atom stereocenters. The second-order valence-electron chi connectivity index (χ2n) is 8.82. The van der Waals surface area contributed by atoms with E-state index < -0.39 is 6.09 Å². The Balaban J connectivity index is 1.24. The predicted molar refractivity (Wildman–Crippen MR) is 133 cm³/mol. The minimum Gasteiger partial charge on any atom is -0.410 e. The first-order valence-corrected chi connectivity index (χ1v) is 12.0. The van der Waals surface area contributed by atoms with Crippen LogP contribution in [-0.2, 0) is 4.74 Å². The van der Waals surface area contributed by atoms with E-state index in [0.717, 1.165) is 31.5 Å². The number of carbonyl (C=O) groups excluding carboxylic acids is 1. The predicted octanol–water partition coefficient (Wildman–Crippen LogP) is 5.31. The number of H-pyrrole nitrogens is 1. The van der Waals surface area contributed by atoms with Gasteiger partial charge in [0.1, 0.15) is 11.6 Å². The minimum atomic E-state index is -0.471. The molecule has 2 aromatic rings. The molecule has 180 valence electrons. The number of aromatic amines is 1. The van der Waals surface area contributed by atoms with Gasteiger partial charge in [0.05, 0.1) is 0 Å². The van der Waals surface area contributed by atoms with Crippen LogP contribution in [0.3, 0.4) is 0 Å². The van der Waals surface area contributed by atoms with E-state index in [1.807, 2.05) is 6.07 Å². The number of rotatable bonds is 9. The van der Waals surface area contributed by atoms with Crippen LogP contribution in [0.2, 0.25) is 0 Å². The van der Waals surface area contributed by atoms with Crippen molar-refractivity contribution in [1.29, 1.82) is 0 Å². The fourth-order valence-corrected chi connectivity index (χ4v) is 4.60. The maximum Gasteiger partial charge on any atom is 0.412 e. The molecule has 4 rings (SSSR count). The number of ether oxygens (including phenoxy) is 1. The van der Waals surface area contributed by atoms with E-state index in [4.69, 9.17) is 4.74 Å².